The van der Waals surface area contributed by atoms with Gasteiger partial charge in [0.15, 0.2) is 0 Å². The van der Waals surface area contributed by atoms with Crippen LogP contribution in [-0.4, -0.2) is 18.6 Å². The standard InChI is InChI=1S/C8H12F3NO/c1-2-5-12-6(13)7(3-4-7)8(9,10)11/h2-5H2,1H3,(H,12,13). The van der Waals surface area contributed by atoms with Gasteiger partial charge in [0.2, 0.25) is 5.91 Å². The highest BCUT2D eigenvalue weighted by Gasteiger charge is 2.68. The summed E-state index contributed by atoms with van der Waals surface area (Å²) >= 11 is 0. The highest BCUT2D eigenvalue weighted by Crippen LogP contribution is 2.57. The highest BCUT2D eigenvalue weighted by molar-refractivity contribution is 5.86. The second kappa shape index (κ2) is 3.20. The molecular formula is C8H12F3NO. The van der Waals surface area contributed by atoms with Crippen molar-refractivity contribution in [3.63, 3.8) is 0 Å². The molecule has 1 amide bonds. The number of hydrogen-bond acceptors (Lipinski definition) is 1. The van der Waals surface area contributed by atoms with E-state index in [4.69, 9.17) is 0 Å². The van der Waals surface area contributed by atoms with E-state index in [-0.39, 0.29) is 12.8 Å². The molecule has 0 aliphatic heterocycles. The van der Waals surface area contributed by atoms with Crippen molar-refractivity contribution in [2.45, 2.75) is 32.4 Å². The van der Waals surface area contributed by atoms with E-state index in [1.807, 2.05) is 0 Å². The number of amides is 1. The maximum Gasteiger partial charge on any atom is 0.403 e. The summed E-state index contributed by atoms with van der Waals surface area (Å²) in [5, 5.41) is 2.28. The molecular weight excluding hydrogens is 183 g/mol. The quantitative estimate of drug-likeness (QED) is 0.731. The van der Waals surface area contributed by atoms with Crippen LogP contribution in [-0.2, 0) is 4.79 Å². The molecule has 1 fully saturated rings. The largest absolute Gasteiger partial charge is 0.403 e. The zero-order valence-electron chi connectivity index (χ0n) is 7.37. The van der Waals surface area contributed by atoms with Gasteiger partial charge in [0.1, 0.15) is 5.41 Å². The lowest BCUT2D eigenvalue weighted by Gasteiger charge is -2.18. The van der Waals surface area contributed by atoms with Crippen LogP contribution in [0.15, 0.2) is 0 Å². The lowest BCUT2D eigenvalue weighted by Crippen LogP contribution is -2.41. The van der Waals surface area contributed by atoms with Gasteiger partial charge < -0.3 is 5.32 Å². The summed E-state index contributed by atoms with van der Waals surface area (Å²) in [6.45, 7) is 2.12. The molecule has 0 bridgehead atoms. The van der Waals surface area contributed by atoms with Crippen LogP contribution in [0.2, 0.25) is 0 Å². The Morgan fingerprint density at radius 3 is 2.31 bits per heavy atom. The smallest absolute Gasteiger partial charge is 0.355 e. The molecule has 0 heterocycles. The molecule has 1 saturated carbocycles. The van der Waals surface area contributed by atoms with Gasteiger partial charge in [-0.05, 0) is 19.3 Å². The Balaban J connectivity index is 2.56. The van der Waals surface area contributed by atoms with E-state index >= 15 is 0 Å². The maximum absolute atomic E-state index is 12.3. The van der Waals surface area contributed by atoms with Crippen molar-refractivity contribution in [2.24, 2.45) is 5.41 Å². The van der Waals surface area contributed by atoms with Crippen molar-refractivity contribution in [1.82, 2.24) is 5.32 Å². The predicted octanol–water partition coefficient (Wildman–Crippen LogP) is 1.86. The summed E-state index contributed by atoms with van der Waals surface area (Å²) in [4.78, 5) is 11.1. The van der Waals surface area contributed by atoms with E-state index in [2.05, 4.69) is 5.32 Å². The molecule has 1 aliphatic rings. The van der Waals surface area contributed by atoms with Crippen LogP contribution in [0.1, 0.15) is 26.2 Å². The predicted molar refractivity (Wildman–Crippen MR) is 41.0 cm³/mol. The SMILES string of the molecule is CCCNC(=O)C1(C(F)(F)F)CC1. The van der Waals surface area contributed by atoms with Gasteiger partial charge >= 0.3 is 6.18 Å². The van der Waals surface area contributed by atoms with E-state index in [1.165, 1.54) is 0 Å². The summed E-state index contributed by atoms with van der Waals surface area (Å²) in [6, 6.07) is 0. The van der Waals surface area contributed by atoms with Gasteiger partial charge in [0.25, 0.3) is 0 Å². The molecule has 1 rings (SSSR count). The molecule has 13 heavy (non-hydrogen) atoms. The fraction of sp³-hybridized carbons (Fsp3) is 0.875. The Morgan fingerprint density at radius 1 is 1.46 bits per heavy atom. The maximum atomic E-state index is 12.3. The number of carbonyl (C=O) groups excluding carboxylic acids is 1. The molecule has 0 radical (unpaired) electrons. The van der Waals surface area contributed by atoms with Gasteiger partial charge in [0.05, 0.1) is 0 Å². The highest BCUT2D eigenvalue weighted by atomic mass is 19.4. The third-order valence-electron chi connectivity index (χ3n) is 2.26. The summed E-state index contributed by atoms with van der Waals surface area (Å²) in [5.74, 6) is -0.859. The molecule has 1 N–H and O–H groups in total. The van der Waals surface area contributed by atoms with E-state index in [9.17, 15) is 18.0 Å². The number of alkyl halides is 3. The van der Waals surface area contributed by atoms with Crippen LogP contribution in [0.4, 0.5) is 13.2 Å². The monoisotopic (exact) mass is 195 g/mol. The minimum Gasteiger partial charge on any atom is -0.355 e. The van der Waals surface area contributed by atoms with Crippen molar-refractivity contribution in [1.29, 1.82) is 0 Å². The normalized spacial score (nSPS) is 19.7. The molecule has 0 aromatic heterocycles. The van der Waals surface area contributed by atoms with E-state index in [0.717, 1.165) is 0 Å². The first-order valence-electron chi connectivity index (χ1n) is 4.29. The first-order valence-corrected chi connectivity index (χ1v) is 4.29. The molecule has 1 aliphatic carbocycles. The zero-order valence-corrected chi connectivity index (χ0v) is 7.37. The Bertz CT molecular complexity index is 208. The summed E-state index contributed by atoms with van der Waals surface area (Å²) in [7, 11) is 0. The molecule has 0 atom stereocenters. The molecule has 0 unspecified atom stereocenters. The lowest BCUT2D eigenvalue weighted by molar-refractivity contribution is -0.192. The third kappa shape index (κ3) is 1.78. The minimum atomic E-state index is -4.38. The Kier molecular flexibility index (Phi) is 2.54. The van der Waals surface area contributed by atoms with Crippen LogP contribution in [0.25, 0.3) is 0 Å². The second-order valence-corrected chi connectivity index (χ2v) is 3.34. The fourth-order valence-electron chi connectivity index (χ4n) is 1.17. The zero-order chi connectivity index (χ0) is 10.1. The Labute approximate surface area is 74.5 Å². The van der Waals surface area contributed by atoms with Crippen LogP contribution < -0.4 is 5.32 Å². The van der Waals surface area contributed by atoms with Gasteiger partial charge in [-0.25, -0.2) is 0 Å². The van der Waals surface area contributed by atoms with Crippen LogP contribution in [0.5, 0.6) is 0 Å². The number of carbonyl (C=O) groups is 1. The van der Waals surface area contributed by atoms with Crippen LogP contribution in [0.3, 0.4) is 0 Å². The molecule has 2 nitrogen and oxygen atoms in total. The summed E-state index contributed by atoms with van der Waals surface area (Å²) < 4.78 is 36.9. The average molecular weight is 195 g/mol. The number of halogens is 3. The lowest BCUT2D eigenvalue weighted by atomic mass is 10.1. The first-order chi connectivity index (χ1) is 5.94. The molecule has 0 aromatic carbocycles. The van der Waals surface area contributed by atoms with Gasteiger partial charge in [0, 0.05) is 6.54 Å². The van der Waals surface area contributed by atoms with Gasteiger partial charge in [-0.1, -0.05) is 6.92 Å². The Hall–Kier alpha value is -0.740. The molecule has 0 saturated heterocycles. The topological polar surface area (TPSA) is 29.1 Å². The van der Waals surface area contributed by atoms with Crippen molar-refractivity contribution in [3.8, 4) is 0 Å². The van der Waals surface area contributed by atoms with Crippen molar-refractivity contribution >= 4 is 5.91 Å². The number of rotatable bonds is 3. The van der Waals surface area contributed by atoms with Gasteiger partial charge in [-0.2, -0.15) is 13.2 Å². The summed E-state index contributed by atoms with van der Waals surface area (Å²) in [5.41, 5.74) is -2.05. The van der Waals surface area contributed by atoms with Crippen molar-refractivity contribution in [2.75, 3.05) is 6.54 Å². The summed E-state index contributed by atoms with van der Waals surface area (Å²) in [6.07, 6.45) is -3.86. The van der Waals surface area contributed by atoms with E-state index in [1.54, 1.807) is 6.92 Å². The van der Waals surface area contributed by atoms with Crippen molar-refractivity contribution in [3.05, 3.63) is 0 Å². The number of hydrogen-bond donors (Lipinski definition) is 1. The molecule has 5 heteroatoms. The van der Waals surface area contributed by atoms with Crippen LogP contribution >= 0.6 is 0 Å². The average Bonchev–Trinajstić information content (AvgIpc) is 2.78. The fourth-order valence-corrected chi connectivity index (χ4v) is 1.17. The Morgan fingerprint density at radius 2 is 2.00 bits per heavy atom. The molecule has 76 valence electrons. The molecule has 0 spiro atoms. The van der Waals surface area contributed by atoms with Gasteiger partial charge in [-0.15, -0.1) is 0 Å². The first kappa shape index (κ1) is 10.3. The molecule has 0 aromatic rings. The third-order valence-corrected chi connectivity index (χ3v) is 2.26. The van der Waals surface area contributed by atoms with E-state index in [0.29, 0.717) is 13.0 Å². The van der Waals surface area contributed by atoms with Gasteiger partial charge in [-0.3, -0.25) is 4.79 Å². The van der Waals surface area contributed by atoms with E-state index < -0.39 is 17.5 Å². The van der Waals surface area contributed by atoms with Crippen LogP contribution in [0, 0.1) is 5.41 Å². The number of nitrogens with one attached hydrogen (secondary N) is 1. The minimum absolute atomic E-state index is 0.0634. The van der Waals surface area contributed by atoms with Crippen molar-refractivity contribution < 1.29 is 18.0 Å². The second-order valence-electron chi connectivity index (χ2n) is 3.34.